The van der Waals surface area contributed by atoms with Gasteiger partial charge in [-0.3, -0.25) is 20.2 Å². The lowest BCUT2D eigenvalue weighted by Gasteiger charge is -2.09. The van der Waals surface area contributed by atoms with Crippen molar-refractivity contribution < 1.29 is 45.4 Å². The molecular weight excluding hydrogens is 372 g/mol. The Hall–Kier alpha value is -3.86. The fraction of sp³-hybridized carbons (Fsp3) is 0.333. The van der Waals surface area contributed by atoms with Gasteiger partial charge in [0.1, 0.15) is 12.7 Å². The average Bonchev–Trinajstić information content (AvgIpc) is 2.50. The molecule has 1 aromatic carbocycles. The van der Waals surface area contributed by atoms with E-state index in [0.717, 1.165) is 6.07 Å². The first-order valence-electron chi connectivity index (χ1n) is 5.94. The first-order valence-corrected chi connectivity index (χ1v) is 5.94. The van der Waals surface area contributed by atoms with E-state index in [9.17, 15) is 20.2 Å². The average molecular weight is 384 g/mol. The molecule has 0 spiro atoms. The summed E-state index contributed by atoms with van der Waals surface area (Å²) in [6, 6.07) is 3.38. The molecule has 0 bridgehead atoms. The minimum absolute atomic E-state index is 0.332. The highest BCUT2D eigenvalue weighted by molar-refractivity contribution is 5.61. The maximum Gasteiger partial charge on any atom is 0.387 e. The highest BCUT2D eigenvalue weighted by Crippen LogP contribution is 2.35. The first-order chi connectivity index (χ1) is 11.9. The number of benzene rings is 1. The smallest absolute Gasteiger partial charge is 0.387 e. The second kappa shape index (κ2) is 12.5. The van der Waals surface area contributed by atoms with Crippen LogP contribution in [0.15, 0.2) is 18.2 Å². The van der Waals surface area contributed by atoms with Crippen LogP contribution in [0.4, 0.5) is 11.4 Å². The van der Waals surface area contributed by atoms with Crippen molar-refractivity contribution in [3.05, 3.63) is 58.7 Å². The Balaban J connectivity index is 0. The molecule has 0 heterocycles. The van der Waals surface area contributed by atoms with Gasteiger partial charge in [-0.15, -0.1) is 20.2 Å². The Bertz CT molecular complexity index is 616. The minimum Gasteiger partial charge on any atom is -0.484 e. The topological polar surface area (TPSA) is 263 Å². The summed E-state index contributed by atoms with van der Waals surface area (Å²) in [6.45, 7) is -0.985. The van der Waals surface area contributed by atoms with Crippen molar-refractivity contribution in [1.29, 1.82) is 0 Å². The van der Waals surface area contributed by atoms with Gasteiger partial charge in [-0.25, -0.2) is 0 Å². The minimum atomic E-state index is -1.50. The van der Waals surface area contributed by atoms with Gasteiger partial charge in [-0.1, -0.05) is 6.07 Å². The summed E-state index contributed by atoms with van der Waals surface area (Å²) in [6.07, 6.45) is -1.22. The van der Waals surface area contributed by atoms with Crippen LogP contribution in [0.1, 0.15) is 0 Å². The van der Waals surface area contributed by atoms with Crippen molar-refractivity contribution in [1.82, 2.24) is 0 Å². The number of aliphatic hydroxyl groups is 2. The quantitative estimate of drug-likeness (QED) is 0.357. The number of hydrogen-bond donors (Lipinski definition) is 4. The Morgan fingerprint density at radius 3 is 1.77 bits per heavy atom. The van der Waals surface area contributed by atoms with E-state index >= 15 is 0 Å². The van der Waals surface area contributed by atoms with E-state index in [2.05, 4.69) is 0 Å². The molecule has 0 aliphatic carbocycles. The fourth-order valence-corrected chi connectivity index (χ4v) is 1.20. The van der Waals surface area contributed by atoms with Gasteiger partial charge in [-0.05, 0) is 6.07 Å². The third-order valence-electron chi connectivity index (χ3n) is 2.00. The first kappa shape index (κ1) is 24.4. The Morgan fingerprint density at radius 1 is 0.962 bits per heavy atom. The summed E-state index contributed by atoms with van der Waals surface area (Å²) in [5.74, 6) is -0.332. The molecule has 0 aromatic heterocycles. The second-order valence-corrected chi connectivity index (χ2v) is 3.76. The standard InChI is InChI=1S/C9H10N2O7.2HNO3/c12-4-6(13)5-18-8-3-1-2-7(10(14)15)9(8)11(16)17;2*2-1(3)4/h1-3,6,12-13H,4-5H2;2*(H,2,3,4). The van der Waals surface area contributed by atoms with Crippen LogP contribution >= 0.6 is 0 Å². The number of nitro benzene ring substituents is 2. The normalized spacial score (nSPS) is 10.1. The van der Waals surface area contributed by atoms with E-state index in [0.29, 0.717) is 0 Å². The molecule has 0 aliphatic rings. The molecule has 0 saturated carbocycles. The summed E-state index contributed by atoms with van der Waals surface area (Å²) >= 11 is 0. The van der Waals surface area contributed by atoms with Crippen molar-refractivity contribution in [2.75, 3.05) is 13.2 Å². The maximum absolute atomic E-state index is 10.8. The molecular formula is C9H12N4O13. The zero-order valence-corrected chi connectivity index (χ0v) is 12.5. The van der Waals surface area contributed by atoms with Gasteiger partial charge in [-0.2, -0.15) is 0 Å². The van der Waals surface area contributed by atoms with Gasteiger partial charge in [0.05, 0.1) is 16.5 Å². The molecule has 0 aliphatic heterocycles. The number of nitrogens with zero attached hydrogens (tertiary/aromatic N) is 4. The van der Waals surface area contributed by atoms with Gasteiger partial charge in [0, 0.05) is 6.07 Å². The van der Waals surface area contributed by atoms with Crippen LogP contribution in [0.25, 0.3) is 0 Å². The Labute approximate surface area is 141 Å². The molecule has 0 amide bonds. The molecule has 0 saturated heterocycles. The molecule has 146 valence electrons. The molecule has 0 fully saturated rings. The molecule has 1 rings (SSSR count). The summed E-state index contributed by atoms with van der Waals surface area (Å²) in [5.41, 5.74) is -1.48. The van der Waals surface area contributed by atoms with Crippen LogP contribution in [0.2, 0.25) is 0 Å². The Kier molecular flexibility index (Phi) is 11.8. The third kappa shape index (κ3) is 11.7. The van der Waals surface area contributed by atoms with Crippen LogP contribution in [0.5, 0.6) is 5.75 Å². The second-order valence-electron chi connectivity index (χ2n) is 3.76. The van der Waals surface area contributed by atoms with Gasteiger partial charge in [0.25, 0.3) is 10.2 Å². The summed E-state index contributed by atoms with van der Waals surface area (Å²) < 4.78 is 4.89. The number of nitro groups is 2. The summed E-state index contributed by atoms with van der Waals surface area (Å²) in [4.78, 5) is 36.3. The number of hydrogen-bond acceptors (Lipinski definition) is 11. The molecule has 0 radical (unpaired) electrons. The van der Waals surface area contributed by atoms with Crippen LogP contribution < -0.4 is 4.74 Å². The zero-order valence-electron chi connectivity index (χ0n) is 12.5. The van der Waals surface area contributed by atoms with Crippen LogP contribution in [-0.4, -0.2) is 60.0 Å². The molecule has 17 nitrogen and oxygen atoms in total. The van der Waals surface area contributed by atoms with Gasteiger partial charge >= 0.3 is 11.4 Å². The Morgan fingerprint density at radius 2 is 1.42 bits per heavy atom. The van der Waals surface area contributed by atoms with Gasteiger partial charge < -0.3 is 25.4 Å². The lowest BCUT2D eigenvalue weighted by Crippen LogP contribution is -2.21. The molecule has 1 atom stereocenters. The molecule has 17 heteroatoms. The fourth-order valence-electron chi connectivity index (χ4n) is 1.20. The lowest BCUT2D eigenvalue weighted by atomic mass is 10.2. The van der Waals surface area contributed by atoms with E-state index in [1.807, 2.05) is 0 Å². The highest BCUT2D eigenvalue weighted by atomic mass is 16.9. The van der Waals surface area contributed by atoms with Gasteiger partial charge in [0.2, 0.25) is 5.75 Å². The van der Waals surface area contributed by atoms with E-state index in [-0.39, 0.29) is 5.75 Å². The van der Waals surface area contributed by atoms with E-state index in [4.69, 9.17) is 45.6 Å². The SMILES string of the molecule is O=[N+]([O-])O.O=[N+]([O-])O.O=[N+]([O-])c1cccc(OCC(O)CO)c1[N+](=O)[O-]. The number of rotatable bonds is 6. The van der Waals surface area contributed by atoms with Crippen molar-refractivity contribution in [2.45, 2.75) is 6.10 Å². The van der Waals surface area contributed by atoms with E-state index < -0.39 is 50.7 Å². The largest absolute Gasteiger partial charge is 0.484 e. The maximum atomic E-state index is 10.8. The van der Waals surface area contributed by atoms with E-state index in [1.54, 1.807) is 0 Å². The van der Waals surface area contributed by atoms with Crippen molar-refractivity contribution in [2.24, 2.45) is 0 Å². The molecule has 26 heavy (non-hydrogen) atoms. The highest BCUT2D eigenvalue weighted by Gasteiger charge is 2.29. The van der Waals surface area contributed by atoms with Crippen molar-refractivity contribution in [3.8, 4) is 5.75 Å². The van der Waals surface area contributed by atoms with E-state index in [1.165, 1.54) is 12.1 Å². The molecule has 1 unspecified atom stereocenters. The third-order valence-corrected chi connectivity index (χ3v) is 2.00. The predicted octanol–water partition coefficient (Wildman–Crippen LogP) is -0.460. The van der Waals surface area contributed by atoms with Crippen LogP contribution in [0, 0.1) is 40.5 Å². The number of aliphatic hydroxyl groups excluding tert-OH is 2. The zero-order chi connectivity index (χ0) is 20.9. The van der Waals surface area contributed by atoms with Crippen molar-refractivity contribution in [3.63, 3.8) is 0 Å². The van der Waals surface area contributed by atoms with Crippen LogP contribution in [-0.2, 0) is 0 Å². The van der Waals surface area contributed by atoms with Crippen molar-refractivity contribution >= 4 is 11.4 Å². The predicted molar refractivity (Wildman–Crippen MR) is 75.9 cm³/mol. The summed E-state index contributed by atoms with van der Waals surface area (Å²) in [5, 5.41) is 66.3. The van der Waals surface area contributed by atoms with Gasteiger partial charge in [0.15, 0.2) is 0 Å². The number of ether oxygens (including phenoxy) is 1. The summed E-state index contributed by atoms with van der Waals surface area (Å²) in [7, 11) is 0. The van der Waals surface area contributed by atoms with Crippen LogP contribution in [0.3, 0.4) is 0 Å². The lowest BCUT2D eigenvalue weighted by molar-refractivity contribution is -0.742. The number of para-hydroxylation sites is 1. The molecule has 4 N–H and O–H groups in total. The molecule has 1 aromatic rings. The monoisotopic (exact) mass is 384 g/mol.